The molecule has 0 atom stereocenters. The fourth-order valence-electron chi connectivity index (χ4n) is 2.24. The number of nitrogens with one attached hydrogen (secondary N) is 1. The van der Waals surface area contributed by atoms with E-state index in [1.165, 1.54) is 6.07 Å². The third-order valence-corrected chi connectivity index (χ3v) is 4.54. The van der Waals surface area contributed by atoms with Crippen LogP contribution in [-0.2, 0) is 33.9 Å². The molecule has 2 aromatic rings. The molecule has 110 valence electrons. The highest BCUT2D eigenvalue weighted by molar-refractivity contribution is 7.86. The first kappa shape index (κ1) is 14.2. The molecule has 0 bridgehead atoms. The summed E-state index contributed by atoms with van der Waals surface area (Å²) < 4.78 is 29.5. The molecular weight excluding hydrogens is 288 g/mol. The summed E-state index contributed by atoms with van der Waals surface area (Å²) in [5.74, 6) is 0. The first-order valence-corrected chi connectivity index (χ1v) is 8.19. The van der Waals surface area contributed by atoms with Crippen molar-refractivity contribution in [3.8, 4) is 0 Å². The monoisotopic (exact) mass is 304 g/mol. The maximum Gasteiger partial charge on any atom is 0.314 e. The molecule has 1 aromatic carbocycles. The second-order valence-corrected chi connectivity index (χ2v) is 6.45. The van der Waals surface area contributed by atoms with Gasteiger partial charge in [-0.1, -0.05) is 36.4 Å². The molecule has 0 amide bonds. The summed E-state index contributed by atoms with van der Waals surface area (Å²) in [6, 6.07) is 12.5. The number of benzene rings is 1. The molecule has 1 aromatic heterocycles. The first-order valence-electron chi connectivity index (χ1n) is 6.78. The third kappa shape index (κ3) is 3.29. The van der Waals surface area contributed by atoms with Gasteiger partial charge in [0, 0.05) is 25.2 Å². The molecule has 1 aliphatic heterocycles. The van der Waals surface area contributed by atoms with Crippen molar-refractivity contribution in [1.82, 2.24) is 10.3 Å². The molecule has 2 heterocycles. The summed E-state index contributed by atoms with van der Waals surface area (Å²) >= 11 is 0. The molecule has 6 heteroatoms. The van der Waals surface area contributed by atoms with Crippen LogP contribution in [-0.4, -0.2) is 19.9 Å². The molecule has 0 saturated carbocycles. The SMILES string of the molecule is O=S(=O)(OCc1ccccc1)c1ccc2c(n1)CCNC2. The Bertz CT molecular complexity index is 730. The topological polar surface area (TPSA) is 68.3 Å². The lowest BCUT2D eigenvalue weighted by molar-refractivity contribution is 0.306. The molecule has 5 nitrogen and oxygen atoms in total. The van der Waals surface area contributed by atoms with Gasteiger partial charge in [-0.15, -0.1) is 0 Å². The van der Waals surface area contributed by atoms with E-state index in [-0.39, 0.29) is 11.6 Å². The van der Waals surface area contributed by atoms with Gasteiger partial charge in [-0.3, -0.25) is 4.18 Å². The quantitative estimate of drug-likeness (QED) is 0.870. The largest absolute Gasteiger partial charge is 0.314 e. The molecule has 0 spiro atoms. The summed E-state index contributed by atoms with van der Waals surface area (Å²) in [5.41, 5.74) is 2.68. The van der Waals surface area contributed by atoms with Crippen molar-refractivity contribution in [2.75, 3.05) is 6.54 Å². The van der Waals surface area contributed by atoms with Gasteiger partial charge in [0.1, 0.15) is 0 Å². The van der Waals surface area contributed by atoms with E-state index >= 15 is 0 Å². The van der Waals surface area contributed by atoms with Gasteiger partial charge >= 0.3 is 10.1 Å². The molecule has 0 aliphatic carbocycles. The first-order chi connectivity index (χ1) is 10.1. The molecular formula is C15H16N2O3S. The van der Waals surface area contributed by atoms with Gasteiger partial charge in [0.2, 0.25) is 0 Å². The number of pyridine rings is 1. The molecule has 1 aliphatic rings. The van der Waals surface area contributed by atoms with Gasteiger partial charge in [-0.05, 0) is 17.2 Å². The predicted octanol–water partition coefficient (Wildman–Crippen LogP) is 1.63. The minimum Gasteiger partial charge on any atom is -0.312 e. The van der Waals surface area contributed by atoms with Crippen LogP contribution in [0.4, 0.5) is 0 Å². The summed E-state index contributed by atoms with van der Waals surface area (Å²) in [6.45, 7) is 1.56. The van der Waals surface area contributed by atoms with Crippen molar-refractivity contribution in [3.63, 3.8) is 0 Å². The van der Waals surface area contributed by atoms with E-state index in [2.05, 4.69) is 10.3 Å². The summed E-state index contributed by atoms with van der Waals surface area (Å²) in [5, 5.41) is 3.21. The zero-order chi connectivity index (χ0) is 14.7. The van der Waals surface area contributed by atoms with Gasteiger partial charge in [0.05, 0.1) is 6.61 Å². The zero-order valence-corrected chi connectivity index (χ0v) is 12.3. The Hall–Kier alpha value is -1.76. The highest BCUT2D eigenvalue weighted by atomic mass is 32.2. The van der Waals surface area contributed by atoms with Crippen LogP contribution >= 0.6 is 0 Å². The molecule has 21 heavy (non-hydrogen) atoms. The third-order valence-electron chi connectivity index (χ3n) is 3.38. The zero-order valence-electron chi connectivity index (χ0n) is 11.5. The van der Waals surface area contributed by atoms with E-state index in [1.54, 1.807) is 6.07 Å². The molecule has 3 rings (SSSR count). The van der Waals surface area contributed by atoms with Crippen LogP contribution < -0.4 is 5.32 Å². The average molecular weight is 304 g/mol. The van der Waals surface area contributed by atoms with Gasteiger partial charge in [0.25, 0.3) is 0 Å². The number of rotatable bonds is 4. The highest BCUT2D eigenvalue weighted by Crippen LogP contribution is 2.17. The lowest BCUT2D eigenvalue weighted by Crippen LogP contribution is -2.25. The van der Waals surface area contributed by atoms with Crippen molar-refractivity contribution >= 4 is 10.1 Å². The molecule has 1 N–H and O–H groups in total. The van der Waals surface area contributed by atoms with Gasteiger partial charge in [0.15, 0.2) is 5.03 Å². The Morgan fingerprint density at radius 3 is 2.76 bits per heavy atom. The minimum atomic E-state index is -3.82. The van der Waals surface area contributed by atoms with Crippen LogP contribution in [0.3, 0.4) is 0 Å². The van der Waals surface area contributed by atoms with Crippen LogP contribution in [0.15, 0.2) is 47.5 Å². The normalized spacial score (nSPS) is 14.7. The Kier molecular flexibility index (Phi) is 4.01. The predicted molar refractivity (Wildman–Crippen MR) is 78.1 cm³/mol. The fourth-order valence-corrected chi connectivity index (χ4v) is 3.11. The second kappa shape index (κ2) is 5.93. The summed E-state index contributed by atoms with van der Waals surface area (Å²) in [4.78, 5) is 4.24. The van der Waals surface area contributed by atoms with Crippen molar-refractivity contribution in [3.05, 3.63) is 59.3 Å². The smallest absolute Gasteiger partial charge is 0.312 e. The van der Waals surface area contributed by atoms with E-state index in [9.17, 15) is 8.42 Å². The highest BCUT2D eigenvalue weighted by Gasteiger charge is 2.20. The van der Waals surface area contributed by atoms with E-state index < -0.39 is 10.1 Å². The van der Waals surface area contributed by atoms with E-state index in [0.29, 0.717) is 0 Å². The Morgan fingerprint density at radius 2 is 1.95 bits per heavy atom. The summed E-state index contributed by atoms with van der Waals surface area (Å²) in [6.07, 6.45) is 0.734. The van der Waals surface area contributed by atoms with Crippen molar-refractivity contribution in [1.29, 1.82) is 0 Å². The van der Waals surface area contributed by atoms with Crippen LogP contribution in [0.1, 0.15) is 16.8 Å². The molecule has 0 saturated heterocycles. The summed E-state index contributed by atoms with van der Waals surface area (Å²) in [7, 11) is -3.82. The van der Waals surface area contributed by atoms with Crippen molar-refractivity contribution < 1.29 is 12.6 Å². The Morgan fingerprint density at radius 1 is 1.14 bits per heavy atom. The number of nitrogens with zero attached hydrogens (tertiary/aromatic N) is 1. The molecule has 0 radical (unpaired) electrons. The van der Waals surface area contributed by atoms with Crippen LogP contribution in [0.25, 0.3) is 0 Å². The lowest BCUT2D eigenvalue weighted by atomic mass is 10.1. The van der Waals surface area contributed by atoms with E-state index in [4.69, 9.17) is 4.18 Å². The van der Waals surface area contributed by atoms with Crippen LogP contribution in [0, 0.1) is 0 Å². The number of hydrogen-bond donors (Lipinski definition) is 1. The van der Waals surface area contributed by atoms with Crippen molar-refractivity contribution in [2.24, 2.45) is 0 Å². The fraction of sp³-hybridized carbons (Fsp3) is 0.267. The van der Waals surface area contributed by atoms with Crippen LogP contribution in [0.2, 0.25) is 0 Å². The minimum absolute atomic E-state index is 0.0147. The Balaban J connectivity index is 1.78. The van der Waals surface area contributed by atoms with Gasteiger partial charge in [-0.2, -0.15) is 8.42 Å². The standard InChI is InChI=1S/C15H16N2O3S/c18-21(19,20-11-12-4-2-1-3-5-12)15-7-6-13-10-16-9-8-14(13)17-15/h1-7,16H,8-11H2. The lowest BCUT2D eigenvalue weighted by Gasteiger charge is -2.16. The van der Waals surface area contributed by atoms with Crippen molar-refractivity contribution in [2.45, 2.75) is 24.6 Å². The average Bonchev–Trinajstić information content (AvgIpc) is 2.53. The number of fused-ring (bicyclic) bond motifs is 1. The van der Waals surface area contributed by atoms with Gasteiger partial charge < -0.3 is 5.32 Å². The Labute approximate surface area is 124 Å². The van der Waals surface area contributed by atoms with Crippen LogP contribution in [0.5, 0.6) is 0 Å². The van der Waals surface area contributed by atoms with E-state index in [1.807, 2.05) is 30.3 Å². The maximum atomic E-state index is 12.2. The second-order valence-electron chi connectivity index (χ2n) is 4.88. The molecule has 0 unspecified atom stereocenters. The maximum absolute atomic E-state index is 12.2. The molecule has 0 fully saturated rings. The van der Waals surface area contributed by atoms with E-state index in [0.717, 1.165) is 36.3 Å². The number of aromatic nitrogens is 1. The number of hydrogen-bond acceptors (Lipinski definition) is 5. The van der Waals surface area contributed by atoms with Gasteiger partial charge in [-0.25, -0.2) is 4.98 Å².